The second kappa shape index (κ2) is 10.0. The Balaban J connectivity index is 1.50. The lowest BCUT2D eigenvalue weighted by Gasteiger charge is -2.45. The van der Waals surface area contributed by atoms with Crippen molar-refractivity contribution in [3.63, 3.8) is 0 Å². The van der Waals surface area contributed by atoms with Crippen LogP contribution in [0.5, 0.6) is 0 Å². The van der Waals surface area contributed by atoms with E-state index in [4.69, 9.17) is 0 Å². The first kappa shape index (κ1) is 25.4. The minimum atomic E-state index is -1.13. The van der Waals surface area contributed by atoms with Gasteiger partial charge in [0.2, 0.25) is 5.91 Å². The topological polar surface area (TPSA) is 59.3 Å². The molecule has 6 rings (SSSR count). The van der Waals surface area contributed by atoms with Gasteiger partial charge in [-0.2, -0.15) is 0 Å². The third-order valence-corrected chi connectivity index (χ3v) is 8.64. The maximum Gasteiger partial charge on any atom is 0.273 e. The maximum atomic E-state index is 14.6. The summed E-state index contributed by atoms with van der Waals surface area (Å²) < 4.78 is 18.3. The number of fused-ring (bicyclic) bond motifs is 3. The fourth-order valence-corrected chi connectivity index (χ4v) is 6.34. The monoisotopic (exact) mass is 526 g/mol. The molecule has 0 radical (unpaired) electrons. The number of benzene rings is 2. The van der Waals surface area contributed by atoms with Crippen molar-refractivity contribution < 1.29 is 14.0 Å². The van der Waals surface area contributed by atoms with Crippen molar-refractivity contribution in [3.05, 3.63) is 89.6 Å². The van der Waals surface area contributed by atoms with E-state index in [1.165, 1.54) is 25.0 Å². The molecule has 1 fully saturated rings. The molecule has 39 heavy (non-hydrogen) atoms. The molecule has 1 unspecified atom stereocenters. The van der Waals surface area contributed by atoms with E-state index < -0.39 is 5.54 Å². The first-order valence-electron chi connectivity index (χ1n) is 14.0. The molecule has 1 aliphatic heterocycles. The molecule has 0 bridgehead atoms. The first-order chi connectivity index (χ1) is 18.9. The number of carbonyl (C=O) groups excluding carboxylic acids is 2. The Morgan fingerprint density at radius 1 is 1.03 bits per heavy atom. The number of nitrogens with one attached hydrogen (secondary N) is 1. The van der Waals surface area contributed by atoms with Gasteiger partial charge in [-0.1, -0.05) is 49.9 Å². The average Bonchev–Trinajstić information content (AvgIpc) is 3.46. The van der Waals surface area contributed by atoms with Crippen molar-refractivity contribution in [3.8, 4) is 5.69 Å². The predicted molar refractivity (Wildman–Crippen MR) is 150 cm³/mol. The van der Waals surface area contributed by atoms with Crippen LogP contribution in [0.1, 0.15) is 67.1 Å². The number of halogens is 1. The molecule has 1 N–H and O–H groups in total. The van der Waals surface area contributed by atoms with Crippen LogP contribution in [0.25, 0.3) is 16.6 Å². The molecule has 3 heterocycles. The van der Waals surface area contributed by atoms with Gasteiger partial charge in [-0.15, -0.1) is 0 Å². The minimum Gasteiger partial charge on any atom is -0.351 e. The van der Waals surface area contributed by atoms with Gasteiger partial charge in [0.05, 0.1) is 17.7 Å². The number of carbonyl (C=O) groups is 2. The van der Waals surface area contributed by atoms with Crippen molar-refractivity contribution in [1.29, 1.82) is 0 Å². The van der Waals surface area contributed by atoms with E-state index >= 15 is 0 Å². The summed E-state index contributed by atoms with van der Waals surface area (Å²) in [6.45, 7) is 4.49. The molecular formula is C32H35FN4O2. The second-order valence-electron chi connectivity index (χ2n) is 11.3. The predicted octanol–water partition coefficient (Wildman–Crippen LogP) is 6.13. The molecule has 202 valence electrons. The lowest BCUT2D eigenvalue weighted by atomic mass is 9.92. The highest BCUT2D eigenvalue weighted by Gasteiger charge is 2.49. The van der Waals surface area contributed by atoms with E-state index in [1.54, 1.807) is 11.0 Å². The Bertz CT molecular complexity index is 1530. The second-order valence-corrected chi connectivity index (χ2v) is 11.3. The third kappa shape index (κ3) is 4.44. The highest BCUT2D eigenvalue weighted by Crippen LogP contribution is 2.39. The van der Waals surface area contributed by atoms with Crippen LogP contribution in [0.15, 0.2) is 67.0 Å². The highest BCUT2D eigenvalue weighted by atomic mass is 19.1. The van der Waals surface area contributed by atoms with Crippen molar-refractivity contribution in [2.45, 2.75) is 77.0 Å². The summed E-state index contributed by atoms with van der Waals surface area (Å²) in [5, 5.41) is 3.98. The van der Waals surface area contributed by atoms with Gasteiger partial charge < -0.3 is 19.4 Å². The van der Waals surface area contributed by atoms with Gasteiger partial charge >= 0.3 is 0 Å². The average molecular weight is 527 g/mol. The Morgan fingerprint density at radius 2 is 1.74 bits per heavy atom. The zero-order chi connectivity index (χ0) is 27.1. The Morgan fingerprint density at radius 3 is 2.46 bits per heavy atom. The summed E-state index contributed by atoms with van der Waals surface area (Å²) in [6.07, 6.45) is 10.2. The molecule has 2 aliphatic rings. The molecule has 2 aromatic carbocycles. The molecule has 4 aromatic rings. The number of hydrogen-bond acceptors (Lipinski definition) is 2. The quantitative estimate of drug-likeness (QED) is 0.318. The molecule has 1 saturated carbocycles. The molecule has 0 spiro atoms. The minimum absolute atomic E-state index is 0.111. The SMILES string of the molecule is Cc1ccccc1CN1C(=O)c2c(-n3cccc3)c3cc(F)ccc3n2CC1(C)C(=O)NC1CCCCCC1. The van der Waals surface area contributed by atoms with E-state index in [9.17, 15) is 14.0 Å². The first-order valence-corrected chi connectivity index (χ1v) is 14.0. The van der Waals surface area contributed by atoms with E-state index in [1.807, 2.05) is 71.8 Å². The van der Waals surface area contributed by atoms with E-state index in [0.29, 0.717) is 23.3 Å². The maximum absolute atomic E-state index is 14.6. The standard InChI is InChI=1S/C32H35FN4O2/c1-22-11-7-8-12-23(22)20-37-30(38)29-28(35-17-9-10-18-35)26-19-24(33)15-16-27(26)36(29)21-32(37,2)31(39)34-25-13-5-3-4-6-14-25/h7-12,15-19,25H,3-6,13-14,20-21H2,1-2H3,(H,34,39). The summed E-state index contributed by atoms with van der Waals surface area (Å²) in [5.41, 5.74) is 2.79. The summed E-state index contributed by atoms with van der Waals surface area (Å²) in [5.74, 6) is -0.728. The fraction of sp³-hybridized carbons (Fsp3) is 0.375. The lowest BCUT2D eigenvalue weighted by molar-refractivity contribution is -0.134. The molecule has 6 nitrogen and oxygen atoms in total. The molecule has 1 atom stereocenters. The van der Waals surface area contributed by atoms with Crippen LogP contribution in [0.2, 0.25) is 0 Å². The lowest BCUT2D eigenvalue weighted by Crippen LogP contribution is -2.64. The van der Waals surface area contributed by atoms with Crippen LogP contribution in [-0.4, -0.2) is 37.4 Å². The van der Waals surface area contributed by atoms with Crippen molar-refractivity contribution >= 4 is 22.7 Å². The summed E-state index contributed by atoms with van der Waals surface area (Å²) >= 11 is 0. The van der Waals surface area contributed by atoms with Gasteiger partial charge in [0.15, 0.2) is 0 Å². The zero-order valence-corrected chi connectivity index (χ0v) is 22.6. The fourth-order valence-electron chi connectivity index (χ4n) is 6.34. The van der Waals surface area contributed by atoms with Crippen LogP contribution >= 0.6 is 0 Å². The smallest absolute Gasteiger partial charge is 0.273 e. The van der Waals surface area contributed by atoms with Gasteiger partial charge in [-0.25, -0.2) is 4.39 Å². The molecular weight excluding hydrogens is 491 g/mol. The van der Waals surface area contributed by atoms with E-state index in [-0.39, 0.29) is 30.2 Å². The number of hydrogen-bond donors (Lipinski definition) is 1. The molecule has 0 saturated heterocycles. The number of rotatable bonds is 5. The number of amides is 2. The Kier molecular flexibility index (Phi) is 6.53. The van der Waals surface area contributed by atoms with Crippen LogP contribution < -0.4 is 5.32 Å². The van der Waals surface area contributed by atoms with Gasteiger partial charge in [0.25, 0.3) is 5.91 Å². The third-order valence-electron chi connectivity index (χ3n) is 8.64. The number of nitrogens with zero attached hydrogens (tertiary/aromatic N) is 3. The Labute approximate surface area is 228 Å². The Hall–Kier alpha value is -3.87. The van der Waals surface area contributed by atoms with Crippen LogP contribution in [0.4, 0.5) is 4.39 Å². The molecule has 7 heteroatoms. The van der Waals surface area contributed by atoms with Crippen molar-refractivity contribution in [2.24, 2.45) is 0 Å². The van der Waals surface area contributed by atoms with Crippen molar-refractivity contribution in [2.75, 3.05) is 0 Å². The van der Waals surface area contributed by atoms with Crippen LogP contribution in [0, 0.1) is 12.7 Å². The summed E-state index contributed by atoms with van der Waals surface area (Å²) in [4.78, 5) is 30.5. The molecule has 1 aliphatic carbocycles. The number of aryl methyl sites for hydroxylation is 1. The number of aromatic nitrogens is 2. The zero-order valence-electron chi connectivity index (χ0n) is 22.6. The largest absolute Gasteiger partial charge is 0.351 e. The van der Waals surface area contributed by atoms with E-state index in [2.05, 4.69) is 5.32 Å². The highest BCUT2D eigenvalue weighted by molar-refractivity contribution is 6.09. The van der Waals surface area contributed by atoms with Gasteiger partial charge in [0.1, 0.15) is 17.1 Å². The van der Waals surface area contributed by atoms with Gasteiger partial charge in [-0.3, -0.25) is 9.59 Å². The normalized spacial score (nSPS) is 20.2. The molecule has 2 amide bonds. The van der Waals surface area contributed by atoms with Crippen LogP contribution in [-0.2, 0) is 17.9 Å². The van der Waals surface area contributed by atoms with Gasteiger partial charge in [-0.05, 0) is 68.1 Å². The van der Waals surface area contributed by atoms with Gasteiger partial charge in [0, 0.05) is 30.4 Å². The molecule has 2 aromatic heterocycles. The summed E-state index contributed by atoms with van der Waals surface area (Å²) in [6, 6.07) is 16.5. The summed E-state index contributed by atoms with van der Waals surface area (Å²) in [7, 11) is 0. The van der Waals surface area contributed by atoms with Crippen molar-refractivity contribution in [1.82, 2.24) is 19.4 Å². The van der Waals surface area contributed by atoms with Crippen LogP contribution in [0.3, 0.4) is 0 Å². The van der Waals surface area contributed by atoms with E-state index in [0.717, 1.165) is 42.3 Å².